The molecule has 70 valence electrons. The van der Waals surface area contributed by atoms with Gasteiger partial charge in [0.2, 0.25) is 0 Å². The summed E-state index contributed by atoms with van der Waals surface area (Å²) in [6.07, 6.45) is 10.2. The molecule has 0 amide bonds. The minimum atomic E-state index is 0.802. The lowest BCUT2D eigenvalue weighted by Gasteiger charge is -2.34. The molecule has 1 fully saturated rings. The van der Waals surface area contributed by atoms with Crippen molar-refractivity contribution in [1.82, 2.24) is 4.90 Å². The topological polar surface area (TPSA) is 3.24 Å². The highest BCUT2D eigenvalue weighted by molar-refractivity contribution is 4.83. The van der Waals surface area contributed by atoms with Crippen LogP contribution < -0.4 is 0 Å². The predicted molar refractivity (Wildman–Crippen MR) is 54.1 cm³/mol. The van der Waals surface area contributed by atoms with Crippen LogP contribution >= 0.6 is 0 Å². The maximum Gasteiger partial charge on any atom is 0.0284 e. The summed E-state index contributed by atoms with van der Waals surface area (Å²) in [5, 5.41) is 0. The summed E-state index contributed by atoms with van der Waals surface area (Å²) >= 11 is 0. The minimum absolute atomic E-state index is 0.802. The molecule has 0 spiro atoms. The molecule has 12 heavy (non-hydrogen) atoms. The predicted octanol–water partition coefficient (Wildman–Crippen LogP) is 3.17. The summed E-state index contributed by atoms with van der Waals surface area (Å²) in [6.45, 7) is 7.37. The Labute approximate surface area is 76.5 Å². The van der Waals surface area contributed by atoms with Gasteiger partial charge in [-0.15, -0.1) is 0 Å². The third kappa shape index (κ3) is 2.54. The first kappa shape index (κ1) is 9.63. The van der Waals surface area contributed by atoms with Crippen LogP contribution in [0.5, 0.6) is 0 Å². The first-order valence-corrected chi connectivity index (χ1v) is 5.26. The van der Waals surface area contributed by atoms with Gasteiger partial charge < -0.3 is 4.90 Å². The average molecular weight is 167 g/mol. The van der Waals surface area contributed by atoms with Crippen molar-refractivity contribution in [2.24, 2.45) is 0 Å². The Morgan fingerprint density at radius 2 is 2.33 bits per heavy atom. The summed E-state index contributed by atoms with van der Waals surface area (Å²) in [4.78, 5) is 2.43. The van der Waals surface area contributed by atoms with E-state index in [1.807, 2.05) is 6.20 Å². The molecule has 0 bridgehead atoms. The third-order valence-electron chi connectivity index (χ3n) is 2.80. The largest absolute Gasteiger partial charge is 0.375 e. The Balaban J connectivity index is 2.31. The number of unbranched alkanes of at least 4 members (excludes halogenated alkanes) is 1. The average Bonchev–Trinajstić information content (AvgIpc) is 2.15. The van der Waals surface area contributed by atoms with Crippen LogP contribution in [0.3, 0.4) is 0 Å². The Bertz CT molecular complexity index is 131. The smallest absolute Gasteiger partial charge is 0.0284 e. The van der Waals surface area contributed by atoms with Crippen LogP contribution in [0.15, 0.2) is 12.8 Å². The molecule has 1 heteroatoms. The summed E-state index contributed by atoms with van der Waals surface area (Å²) in [5.74, 6) is 0. The molecule has 0 aromatic rings. The molecule has 1 nitrogen and oxygen atoms in total. The lowest BCUT2D eigenvalue weighted by molar-refractivity contribution is 0.200. The van der Waals surface area contributed by atoms with Crippen molar-refractivity contribution in [3.05, 3.63) is 12.8 Å². The van der Waals surface area contributed by atoms with E-state index in [0.29, 0.717) is 0 Å². The Morgan fingerprint density at radius 1 is 1.50 bits per heavy atom. The standard InChI is InChI=1S/C11H21N/c1-3-5-8-11-9-6-7-10-12(11)4-2/h4,11H,2-3,5-10H2,1H3. The first-order chi connectivity index (χ1) is 5.88. The van der Waals surface area contributed by atoms with E-state index in [4.69, 9.17) is 0 Å². The fraction of sp³-hybridized carbons (Fsp3) is 0.818. The normalized spacial score (nSPS) is 24.1. The molecule has 0 aromatic heterocycles. The molecule has 0 radical (unpaired) electrons. The maximum absolute atomic E-state index is 3.87. The van der Waals surface area contributed by atoms with E-state index in [1.165, 1.54) is 45.1 Å². The van der Waals surface area contributed by atoms with Gasteiger partial charge in [-0.25, -0.2) is 0 Å². The second-order valence-electron chi connectivity index (χ2n) is 3.71. The number of hydrogen-bond donors (Lipinski definition) is 0. The Morgan fingerprint density at radius 3 is 3.00 bits per heavy atom. The Hall–Kier alpha value is -0.460. The highest BCUT2D eigenvalue weighted by Gasteiger charge is 2.17. The summed E-state index contributed by atoms with van der Waals surface area (Å²) < 4.78 is 0. The lowest BCUT2D eigenvalue weighted by atomic mass is 9.98. The highest BCUT2D eigenvalue weighted by atomic mass is 15.1. The quantitative estimate of drug-likeness (QED) is 0.621. The zero-order valence-electron chi connectivity index (χ0n) is 8.26. The molecule has 0 N–H and O–H groups in total. The van der Waals surface area contributed by atoms with E-state index in [2.05, 4.69) is 18.4 Å². The number of piperidine rings is 1. The Kier molecular flexibility index (Phi) is 4.20. The van der Waals surface area contributed by atoms with Crippen LogP contribution in [-0.2, 0) is 0 Å². The van der Waals surface area contributed by atoms with E-state index >= 15 is 0 Å². The molecule has 1 heterocycles. The molecule has 1 saturated heterocycles. The highest BCUT2D eigenvalue weighted by Crippen LogP contribution is 2.21. The second kappa shape index (κ2) is 5.23. The SMILES string of the molecule is C=CN1CCCCC1CCCC. The number of nitrogens with zero attached hydrogens (tertiary/aromatic N) is 1. The van der Waals surface area contributed by atoms with Crippen LogP contribution in [-0.4, -0.2) is 17.5 Å². The molecule has 1 aliphatic heterocycles. The minimum Gasteiger partial charge on any atom is -0.375 e. The van der Waals surface area contributed by atoms with E-state index in [-0.39, 0.29) is 0 Å². The molecular weight excluding hydrogens is 146 g/mol. The van der Waals surface area contributed by atoms with Crippen molar-refractivity contribution in [3.8, 4) is 0 Å². The fourth-order valence-electron chi connectivity index (χ4n) is 2.01. The molecule has 1 atom stereocenters. The molecule has 0 aromatic carbocycles. The van der Waals surface area contributed by atoms with Gasteiger partial charge in [-0.05, 0) is 31.9 Å². The van der Waals surface area contributed by atoms with Crippen LogP contribution in [0.25, 0.3) is 0 Å². The molecular formula is C11H21N. The van der Waals surface area contributed by atoms with Gasteiger partial charge in [0.05, 0.1) is 0 Å². The fourth-order valence-corrected chi connectivity index (χ4v) is 2.01. The lowest BCUT2D eigenvalue weighted by Crippen LogP contribution is -2.34. The van der Waals surface area contributed by atoms with Gasteiger partial charge in [0.1, 0.15) is 0 Å². The number of rotatable bonds is 4. The number of hydrogen-bond acceptors (Lipinski definition) is 1. The van der Waals surface area contributed by atoms with Crippen LogP contribution in [0.4, 0.5) is 0 Å². The van der Waals surface area contributed by atoms with Crippen LogP contribution in [0.2, 0.25) is 0 Å². The van der Waals surface area contributed by atoms with Gasteiger partial charge >= 0.3 is 0 Å². The number of likely N-dealkylation sites (tertiary alicyclic amines) is 1. The van der Waals surface area contributed by atoms with Crippen molar-refractivity contribution in [3.63, 3.8) is 0 Å². The van der Waals surface area contributed by atoms with Gasteiger partial charge in [0.25, 0.3) is 0 Å². The second-order valence-corrected chi connectivity index (χ2v) is 3.71. The van der Waals surface area contributed by atoms with Crippen molar-refractivity contribution in [2.75, 3.05) is 6.54 Å². The van der Waals surface area contributed by atoms with E-state index in [0.717, 1.165) is 6.04 Å². The first-order valence-electron chi connectivity index (χ1n) is 5.26. The van der Waals surface area contributed by atoms with Crippen LogP contribution in [0, 0.1) is 0 Å². The maximum atomic E-state index is 3.87. The van der Waals surface area contributed by atoms with Gasteiger partial charge in [0.15, 0.2) is 0 Å². The molecule has 0 saturated carbocycles. The zero-order chi connectivity index (χ0) is 8.81. The zero-order valence-corrected chi connectivity index (χ0v) is 8.26. The third-order valence-corrected chi connectivity index (χ3v) is 2.80. The van der Waals surface area contributed by atoms with Crippen molar-refractivity contribution < 1.29 is 0 Å². The monoisotopic (exact) mass is 167 g/mol. The van der Waals surface area contributed by atoms with Crippen LogP contribution in [0.1, 0.15) is 45.4 Å². The van der Waals surface area contributed by atoms with Gasteiger partial charge in [0, 0.05) is 12.6 Å². The van der Waals surface area contributed by atoms with Gasteiger partial charge in [-0.3, -0.25) is 0 Å². The molecule has 1 rings (SSSR count). The van der Waals surface area contributed by atoms with Gasteiger partial charge in [-0.1, -0.05) is 26.3 Å². The molecule has 0 aliphatic carbocycles. The molecule has 1 unspecified atom stereocenters. The van der Waals surface area contributed by atoms with Gasteiger partial charge in [-0.2, -0.15) is 0 Å². The molecule has 1 aliphatic rings. The summed E-state index contributed by atoms with van der Waals surface area (Å²) in [6, 6.07) is 0.802. The summed E-state index contributed by atoms with van der Waals surface area (Å²) in [7, 11) is 0. The van der Waals surface area contributed by atoms with E-state index < -0.39 is 0 Å². The van der Waals surface area contributed by atoms with E-state index in [1.54, 1.807) is 0 Å². The van der Waals surface area contributed by atoms with Crippen molar-refractivity contribution in [1.29, 1.82) is 0 Å². The van der Waals surface area contributed by atoms with Crippen molar-refractivity contribution >= 4 is 0 Å². The van der Waals surface area contributed by atoms with Crippen molar-refractivity contribution in [2.45, 2.75) is 51.5 Å². The summed E-state index contributed by atoms with van der Waals surface area (Å²) in [5.41, 5.74) is 0. The van der Waals surface area contributed by atoms with E-state index in [9.17, 15) is 0 Å².